The minimum Gasteiger partial charge on any atom is -0.325 e. The van der Waals surface area contributed by atoms with Crippen LogP contribution in [-0.4, -0.2) is 20.7 Å². The van der Waals surface area contributed by atoms with E-state index in [1.54, 1.807) is 4.57 Å². The molecule has 0 unspecified atom stereocenters. The van der Waals surface area contributed by atoms with Crippen LogP contribution in [0.5, 0.6) is 0 Å². The summed E-state index contributed by atoms with van der Waals surface area (Å²) in [6.07, 6.45) is 4.28. The van der Waals surface area contributed by atoms with Gasteiger partial charge in [-0.15, -0.1) is 0 Å². The first-order valence-electron chi connectivity index (χ1n) is 10.1. The molecule has 0 aliphatic carbocycles. The van der Waals surface area contributed by atoms with Crippen LogP contribution < -0.4 is 10.9 Å². The van der Waals surface area contributed by atoms with E-state index in [-0.39, 0.29) is 16.7 Å². The van der Waals surface area contributed by atoms with Gasteiger partial charge in [-0.25, -0.2) is 4.98 Å². The molecule has 1 N–H and O–H groups in total. The number of fused-ring (bicyclic) bond motifs is 1. The van der Waals surface area contributed by atoms with Crippen LogP contribution >= 0.6 is 11.8 Å². The number of unbranched alkanes of at least 4 members (excludes halogenated alkanes) is 3. The van der Waals surface area contributed by atoms with Gasteiger partial charge in [-0.1, -0.05) is 68.3 Å². The summed E-state index contributed by atoms with van der Waals surface area (Å²) in [7, 11) is 0. The average molecular weight is 410 g/mol. The Balaban J connectivity index is 1.84. The van der Waals surface area contributed by atoms with Crippen LogP contribution in [0, 0.1) is 0 Å². The number of amides is 1. The van der Waals surface area contributed by atoms with Gasteiger partial charge in [0.05, 0.1) is 16.2 Å². The van der Waals surface area contributed by atoms with Crippen LogP contribution in [0.3, 0.4) is 0 Å². The smallest absolute Gasteiger partial charge is 0.262 e. The molecule has 1 heterocycles. The van der Waals surface area contributed by atoms with Gasteiger partial charge in [0.1, 0.15) is 0 Å². The van der Waals surface area contributed by atoms with Crippen LogP contribution in [-0.2, 0) is 11.3 Å². The third kappa shape index (κ3) is 5.48. The monoisotopic (exact) mass is 409 g/mol. The Kier molecular flexibility index (Phi) is 7.47. The molecule has 0 spiro atoms. The van der Waals surface area contributed by atoms with Crippen LogP contribution in [0.25, 0.3) is 10.9 Å². The Morgan fingerprint density at radius 1 is 1.07 bits per heavy atom. The lowest BCUT2D eigenvalue weighted by molar-refractivity contribution is -0.115. The number of thioether (sulfide) groups is 1. The average Bonchev–Trinajstić information content (AvgIpc) is 2.73. The van der Waals surface area contributed by atoms with E-state index in [2.05, 4.69) is 12.2 Å². The molecule has 1 atom stereocenters. The molecule has 29 heavy (non-hydrogen) atoms. The third-order valence-corrected chi connectivity index (χ3v) is 5.84. The predicted octanol–water partition coefficient (Wildman–Crippen LogP) is 5.10. The van der Waals surface area contributed by atoms with E-state index < -0.39 is 0 Å². The maximum absolute atomic E-state index is 13.1. The van der Waals surface area contributed by atoms with Crippen molar-refractivity contribution in [1.82, 2.24) is 9.55 Å². The summed E-state index contributed by atoms with van der Waals surface area (Å²) in [5, 5.41) is 3.75. The summed E-state index contributed by atoms with van der Waals surface area (Å²) in [5.74, 6) is -0.110. The van der Waals surface area contributed by atoms with Crippen LogP contribution in [0.4, 0.5) is 5.69 Å². The highest BCUT2D eigenvalue weighted by Gasteiger charge is 2.19. The van der Waals surface area contributed by atoms with Crippen LogP contribution in [0.15, 0.2) is 64.5 Å². The van der Waals surface area contributed by atoms with Gasteiger partial charge in [-0.05, 0) is 37.6 Å². The van der Waals surface area contributed by atoms with E-state index in [0.29, 0.717) is 22.6 Å². The number of benzene rings is 2. The van der Waals surface area contributed by atoms with E-state index in [4.69, 9.17) is 4.98 Å². The van der Waals surface area contributed by atoms with Crippen LogP contribution in [0.2, 0.25) is 0 Å². The molecule has 3 rings (SSSR count). The highest BCUT2D eigenvalue weighted by atomic mass is 32.2. The summed E-state index contributed by atoms with van der Waals surface area (Å²) in [6.45, 7) is 4.62. The molecule has 5 nitrogen and oxygen atoms in total. The molecule has 2 aromatic carbocycles. The Hall–Kier alpha value is -2.60. The largest absolute Gasteiger partial charge is 0.325 e. The number of hydrogen-bond donors (Lipinski definition) is 1. The zero-order valence-corrected chi connectivity index (χ0v) is 17.7. The molecular formula is C23H27N3O2S. The lowest BCUT2D eigenvalue weighted by Gasteiger charge is -2.16. The van der Waals surface area contributed by atoms with Crippen molar-refractivity contribution in [3.63, 3.8) is 0 Å². The number of nitrogens with one attached hydrogen (secondary N) is 1. The first kappa shape index (κ1) is 21.1. The molecular weight excluding hydrogens is 382 g/mol. The summed E-state index contributed by atoms with van der Waals surface area (Å²) in [4.78, 5) is 30.4. The van der Waals surface area contributed by atoms with Crippen molar-refractivity contribution in [2.75, 3.05) is 5.32 Å². The molecule has 3 aromatic rings. The fraction of sp³-hybridized carbons (Fsp3) is 0.348. The molecule has 0 fully saturated rings. The van der Waals surface area contributed by atoms with Crippen molar-refractivity contribution in [3.05, 3.63) is 65.0 Å². The molecule has 1 amide bonds. The normalized spacial score (nSPS) is 12.1. The van der Waals surface area contributed by atoms with Gasteiger partial charge in [0.25, 0.3) is 5.56 Å². The molecule has 0 bridgehead atoms. The van der Waals surface area contributed by atoms with Gasteiger partial charge in [0.2, 0.25) is 5.91 Å². The fourth-order valence-corrected chi connectivity index (χ4v) is 4.04. The number of carbonyl (C=O) groups is 1. The first-order chi connectivity index (χ1) is 14.1. The summed E-state index contributed by atoms with van der Waals surface area (Å²) >= 11 is 1.33. The van der Waals surface area contributed by atoms with Crippen molar-refractivity contribution < 1.29 is 4.79 Å². The number of rotatable bonds is 9. The second kappa shape index (κ2) is 10.3. The Bertz CT molecular complexity index is 1020. The molecule has 0 aliphatic heterocycles. The van der Waals surface area contributed by atoms with E-state index in [1.165, 1.54) is 11.8 Å². The quantitative estimate of drug-likeness (QED) is 0.303. The summed E-state index contributed by atoms with van der Waals surface area (Å²) in [5.41, 5.74) is 1.39. The minimum absolute atomic E-state index is 0.0368. The summed E-state index contributed by atoms with van der Waals surface area (Å²) < 4.78 is 1.73. The maximum Gasteiger partial charge on any atom is 0.262 e. The third-order valence-electron chi connectivity index (χ3n) is 4.75. The second-order valence-electron chi connectivity index (χ2n) is 7.04. The van der Waals surface area contributed by atoms with Gasteiger partial charge in [-0.3, -0.25) is 14.2 Å². The van der Waals surface area contributed by atoms with Gasteiger partial charge in [0, 0.05) is 12.2 Å². The van der Waals surface area contributed by atoms with Gasteiger partial charge in [0.15, 0.2) is 5.16 Å². The van der Waals surface area contributed by atoms with E-state index >= 15 is 0 Å². The fourth-order valence-electron chi connectivity index (χ4n) is 3.11. The standard InChI is InChI=1S/C23H27N3O2S/c1-3-4-5-11-16-26-22(28)19-14-9-10-15-20(19)25-23(26)29-17(2)21(27)24-18-12-7-6-8-13-18/h6-10,12-15,17H,3-5,11,16H2,1-2H3,(H,24,27)/t17-/m0/s1. The molecule has 1 aromatic heterocycles. The Morgan fingerprint density at radius 3 is 2.55 bits per heavy atom. The zero-order chi connectivity index (χ0) is 20.6. The summed E-state index contributed by atoms with van der Waals surface area (Å²) in [6, 6.07) is 16.8. The first-order valence-corrected chi connectivity index (χ1v) is 11.0. The number of nitrogens with zero attached hydrogens (tertiary/aromatic N) is 2. The van der Waals surface area contributed by atoms with Gasteiger partial charge in [-0.2, -0.15) is 0 Å². The Morgan fingerprint density at radius 2 is 1.79 bits per heavy atom. The molecule has 0 saturated heterocycles. The number of para-hydroxylation sites is 2. The molecule has 152 valence electrons. The lowest BCUT2D eigenvalue weighted by atomic mass is 10.2. The molecule has 0 aliphatic rings. The SMILES string of the molecule is CCCCCCn1c(S[C@@H](C)C(=O)Nc2ccccc2)nc2ccccc2c1=O. The number of aromatic nitrogens is 2. The number of anilines is 1. The maximum atomic E-state index is 13.1. The van der Waals surface area contributed by atoms with E-state index in [9.17, 15) is 9.59 Å². The molecule has 0 radical (unpaired) electrons. The molecule has 6 heteroatoms. The van der Waals surface area contributed by atoms with Crippen molar-refractivity contribution in [1.29, 1.82) is 0 Å². The predicted molar refractivity (Wildman–Crippen MR) is 121 cm³/mol. The Labute approximate surface area is 175 Å². The van der Waals surface area contributed by atoms with Crippen molar-refractivity contribution in [2.24, 2.45) is 0 Å². The van der Waals surface area contributed by atoms with Gasteiger partial charge >= 0.3 is 0 Å². The minimum atomic E-state index is -0.384. The zero-order valence-electron chi connectivity index (χ0n) is 16.9. The lowest BCUT2D eigenvalue weighted by Crippen LogP contribution is -2.27. The van der Waals surface area contributed by atoms with Crippen molar-refractivity contribution >= 4 is 34.3 Å². The molecule has 0 saturated carbocycles. The number of carbonyl (C=O) groups excluding carboxylic acids is 1. The topological polar surface area (TPSA) is 64.0 Å². The number of hydrogen-bond acceptors (Lipinski definition) is 4. The van der Waals surface area contributed by atoms with Crippen molar-refractivity contribution in [3.8, 4) is 0 Å². The second-order valence-corrected chi connectivity index (χ2v) is 8.35. The van der Waals surface area contributed by atoms with E-state index in [1.807, 2.05) is 61.5 Å². The van der Waals surface area contributed by atoms with E-state index in [0.717, 1.165) is 31.4 Å². The van der Waals surface area contributed by atoms with Crippen LogP contribution in [0.1, 0.15) is 39.5 Å². The highest BCUT2D eigenvalue weighted by molar-refractivity contribution is 8.00. The highest BCUT2D eigenvalue weighted by Crippen LogP contribution is 2.24. The van der Waals surface area contributed by atoms with Gasteiger partial charge < -0.3 is 5.32 Å². The van der Waals surface area contributed by atoms with Crippen molar-refractivity contribution in [2.45, 2.75) is 56.5 Å².